The Bertz CT molecular complexity index is 861. The van der Waals surface area contributed by atoms with E-state index in [0.717, 1.165) is 116 Å². The summed E-state index contributed by atoms with van der Waals surface area (Å²) in [7, 11) is 0. The largest absolute Gasteiger partial charge is 0.481 e. The molecule has 1 aliphatic heterocycles. The van der Waals surface area contributed by atoms with Gasteiger partial charge in [0.1, 0.15) is 12.2 Å². The van der Waals surface area contributed by atoms with Crippen molar-refractivity contribution in [3.63, 3.8) is 0 Å². The molecule has 0 spiro atoms. The topological polar surface area (TPSA) is 235 Å². The van der Waals surface area contributed by atoms with E-state index in [-0.39, 0.29) is 25.0 Å². The Hall–Kier alpha value is -1.42. The van der Waals surface area contributed by atoms with Gasteiger partial charge in [-0.3, -0.25) is 4.79 Å². The number of aliphatic hydroxyl groups excluding tert-OH is 6. The first kappa shape index (κ1) is 45.6. The zero-order valence-corrected chi connectivity index (χ0v) is 29.7. The second-order valence-corrected chi connectivity index (χ2v) is 14.1. The number of carboxylic acids is 2. The molecule has 1 aliphatic rings. The van der Waals surface area contributed by atoms with Crippen LogP contribution < -0.4 is 0 Å². The molecule has 0 aromatic heterocycles. The molecule has 0 radical (unpaired) electrons. The Morgan fingerprint density at radius 1 is 0.673 bits per heavy atom. The number of carbonyl (C=O) groups is 2. The van der Waals surface area contributed by atoms with Crippen LogP contribution in [0, 0.1) is 0 Å². The van der Waals surface area contributed by atoms with E-state index >= 15 is 0 Å². The highest BCUT2D eigenvalue weighted by atomic mass is 16.7. The molecule has 13 nitrogen and oxygen atoms in total. The summed E-state index contributed by atoms with van der Waals surface area (Å²) in [6.07, 6.45) is 9.79. The molecule has 0 aromatic rings. The maximum Gasteiger partial charge on any atom is 0.341 e. The minimum Gasteiger partial charge on any atom is -0.481 e. The lowest BCUT2D eigenvalue weighted by Crippen LogP contribution is -2.56. The van der Waals surface area contributed by atoms with Crippen LogP contribution in [0.5, 0.6) is 0 Å². The van der Waals surface area contributed by atoms with Gasteiger partial charge in [0.15, 0.2) is 6.29 Å². The highest BCUT2D eigenvalue weighted by Gasteiger charge is 2.61. The molecular formula is C36H68O13. The highest BCUT2D eigenvalue weighted by molar-refractivity contribution is 5.79. The molecule has 0 bridgehead atoms. The van der Waals surface area contributed by atoms with E-state index in [1.54, 1.807) is 0 Å². The van der Waals surface area contributed by atoms with E-state index in [9.17, 15) is 50.4 Å². The molecule has 0 saturated carbocycles. The lowest BCUT2D eigenvalue weighted by Gasteiger charge is -2.27. The second kappa shape index (κ2) is 26.4. The van der Waals surface area contributed by atoms with Crippen molar-refractivity contribution in [3.8, 4) is 0 Å². The van der Waals surface area contributed by atoms with E-state index in [2.05, 4.69) is 6.92 Å². The van der Waals surface area contributed by atoms with Crippen molar-refractivity contribution in [1.29, 1.82) is 0 Å². The number of carboxylic acid groups (broad SMARTS) is 2. The average molecular weight is 709 g/mol. The van der Waals surface area contributed by atoms with Crippen LogP contribution in [0.1, 0.15) is 155 Å². The van der Waals surface area contributed by atoms with Crippen LogP contribution in [0.4, 0.5) is 0 Å². The van der Waals surface area contributed by atoms with Gasteiger partial charge in [-0.25, -0.2) is 4.79 Å². The fourth-order valence-corrected chi connectivity index (χ4v) is 6.52. The Morgan fingerprint density at radius 2 is 1.10 bits per heavy atom. The molecule has 1 saturated heterocycles. The Morgan fingerprint density at radius 3 is 1.51 bits per heavy atom. The number of hydrogen-bond acceptors (Lipinski definition) is 11. The number of aliphatic carboxylic acids is 2. The van der Waals surface area contributed by atoms with Gasteiger partial charge in [0.25, 0.3) is 0 Å². The smallest absolute Gasteiger partial charge is 0.341 e. The van der Waals surface area contributed by atoms with Gasteiger partial charge in [-0.05, 0) is 51.4 Å². The molecule has 1 rings (SSSR count). The maximum absolute atomic E-state index is 11.6. The van der Waals surface area contributed by atoms with Crippen LogP contribution in [0.2, 0.25) is 0 Å². The van der Waals surface area contributed by atoms with Gasteiger partial charge in [0.2, 0.25) is 5.60 Å². The molecule has 1 fully saturated rings. The second-order valence-electron chi connectivity index (χ2n) is 14.1. The van der Waals surface area contributed by atoms with E-state index in [1.165, 1.54) is 0 Å². The van der Waals surface area contributed by atoms with Gasteiger partial charge in [0.05, 0.1) is 43.5 Å². The number of rotatable bonds is 32. The molecule has 9 N–H and O–H groups in total. The van der Waals surface area contributed by atoms with Gasteiger partial charge < -0.3 is 55.4 Å². The third-order valence-corrected chi connectivity index (χ3v) is 9.63. The van der Waals surface area contributed by atoms with Crippen molar-refractivity contribution < 1.29 is 65.0 Å². The molecule has 290 valence electrons. The van der Waals surface area contributed by atoms with Crippen molar-refractivity contribution >= 4 is 11.9 Å². The predicted octanol–water partition coefficient (Wildman–Crippen LogP) is 3.79. The van der Waals surface area contributed by atoms with E-state index in [0.29, 0.717) is 19.3 Å². The molecular weight excluding hydrogens is 640 g/mol. The summed E-state index contributed by atoms with van der Waals surface area (Å²) in [4.78, 5) is 22.1. The zero-order chi connectivity index (χ0) is 36.7. The van der Waals surface area contributed by atoms with E-state index < -0.39 is 61.0 Å². The Labute approximate surface area is 292 Å². The zero-order valence-electron chi connectivity index (χ0n) is 29.7. The van der Waals surface area contributed by atoms with Crippen molar-refractivity contribution in [3.05, 3.63) is 0 Å². The number of unbranched alkanes of at least 4 members (excludes halogenated alkanes) is 10. The third-order valence-electron chi connectivity index (χ3n) is 9.63. The fourth-order valence-electron chi connectivity index (χ4n) is 6.52. The molecule has 0 amide bonds. The number of aliphatic hydroxyl groups is 7. The quantitative estimate of drug-likeness (QED) is 0.0453. The first-order valence-corrected chi connectivity index (χ1v) is 18.8. The number of hydrogen-bond donors (Lipinski definition) is 9. The van der Waals surface area contributed by atoms with Crippen LogP contribution in [-0.4, -0.2) is 119 Å². The van der Waals surface area contributed by atoms with Crippen LogP contribution in [-0.2, 0) is 19.1 Å². The summed E-state index contributed by atoms with van der Waals surface area (Å²) in [5, 5.41) is 89.2. The van der Waals surface area contributed by atoms with Crippen molar-refractivity contribution in [2.45, 2.75) is 209 Å². The lowest BCUT2D eigenvalue weighted by molar-refractivity contribution is -0.200. The van der Waals surface area contributed by atoms with Crippen molar-refractivity contribution in [1.82, 2.24) is 0 Å². The molecule has 0 aliphatic carbocycles. The van der Waals surface area contributed by atoms with Gasteiger partial charge in [-0.1, -0.05) is 96.8 Å². The molecule has 0 aromatic carbocycles. The number of ether oxygens (including phenoxy) is 2. The maximum atomic E-state index is 11.6. The van der Waals surface area contributed by atoms with Gasteiger partial charge >= 0.3 is 11.9 Å². The first-order valence-electron chi connectivity index (χ1n) is 18.8. The van der Waals surface area contributed by atoms with Gasteiger partial charge in [-0.15, -0.1) is 0 Å². The van der Waals surface area contributed by atoms with E-state index in [4.69, 9.17) is 14.6 Å². The molecule has 5 unspecified atom stereocenters. The van der Waals surface area contributed by atoms with Crippen molar-refractivity contribution in [2.24, 2.45) is 0 Å². The lowest BCUT2D eigenvalue weighted by atomic mass is 9.93. The van der Waals surface area contributed by atoms with Crippen LogP contribution in [0.3, 0.4) is 0 Å². The average Bonchev–Trinajstić information content (AvgIpc) is 3.29. The van der Waals surface area contributed by atoms with Gasteiger partial charge in [0, 0.05) is 0 Å². The highest BCUT2D eigenvalue weighted by Crippen LogP contribution is 2.34. The Kier molecular flexibility index (Phi) is 24.5. The SMILES string of the molecule is CCCCCC(CC(O)CCCCCCC(O)CCCCCCC(O)CCCCCC(O)CC(=O)O)O[C@@H]1O[C@H](CO)[C@](O)(C(=O)O)[C@H]1O. The summed E-state index contributed by atoms with van der Waals surface area (Å²) in [6, 6.07) is 0. The Balaban J connectivity index is 2.15. The predicted molar refractivity (Wildman–Crippen MR) is 183 cm³/mol. The first-order chi connectivity index (χ1) is 23.3. The standard InChI is InChI=1S/C36H68O13/c1-2-3-9-22-30(48-34-33(44)36(47,35(45)46)31(25-37)49-34)23-28(40)20-13-7-6-12-17-26(38)16-10-4-5-11-18-27(39)19-14-8-15-21-29(41)24-32(42)43/h26-31,33-34,37-41,44,47H,2-25H2,1H3,(H,42,43)(H,45,46)/t26?,27?,28?,29?,30?,31-,33+,34-,36-/m1/s1. The molecule has 49 heavy (non-hydrogen) atoms. The summed E-state index contributed by atoms with van der Waals surface area (Å²) in [5.41, 5.74) is -2.69. The van der Waals surface area contributed by atoms with Gasteiger partial charge in [-0.2, -0.15) is 0 Å². The molecule has 1 heterocycles. The molecule has 13 heteroatoms. The van der Waals surface area contributed by atoms with Crippen molar-refractivity contribution in [2.75, 3.05) is 6.61 Å². The monoisotopic (exact) mass is 708 g/mol. The third kappa shape index (κ3) is 19.1. The summed E-state index contributed by atoms with van der Waals surface area (Å²) in [6.45, 7) is 1.25. The minimum absolute atomic E-state index is 0.222. The summed E-state index contributed by atoms with van der Waals surface area (Å²) >= 11 is 0. The van der Waals surface area contributed by atoms with Crippen LogP contribution in [0.15, 0.2) is 0 Å². The fraction of sp³-hybridized carbons (Fsp3) is 0.944. The normalized spacial score (nSPS) is 24.0. The van der Waals surface area contributed by atoms with Crippen LogP contribution >= 0.6 is 0 Å². The van der Waals surface area contributed by atoms with Crippen LogP contribution in [0.25, 0.3) is 0 Å². The summed E-state index contributed by atoms with van der Waals surface area (Å²) < 4.78 is 11.2. The summed E-state index contributed by atoms with van der Waals surface area (Å²) in [5.74, 6) is -2.70. The minimum atomic E-state index is -2.69. The van der Waals surface area contributed by atoms with E-state index in [1.807, 2.05) is 0 Å². The molecule has 9 atom stereocenters.